The van der Waals surface area contributed by atoms with E-state index in [1.807, 2.05) is 6.07 Å². The molecule has 0 amide bonds. The fourth-order valence-corrected chi connectivity index (χ4v) is 2.68. The lowest BCUT2D eigenvalue weighted by atomic mass is 9.74. The highest BCUT2D eigenvalue weighted by Crippen LogP contribution is 2.36. The van der Waals surface area contributed by atoms with Crippen LogP contribution in [-0.4, -0.2) is 13.2 Å². The Labute approximate surface area is 103 Å². The summed E-state index contributed by atoms with van der Waals surface area (Å²) in [5.41, 5.74) is 8.77. The van der Waals surface area contributed by atoms with Crippen LogP contribution < -0.4 is 10.5 Å². The first kappa shape index (κ1) is 12.2. The molecule has 0 saturated carbocycles. The van der Waals surface area contributed by atoms with Crippen LogP contribution in [0.4, 0.5) is 0 Å². The van der Waals surface area contributed by atoms with Gasteiger partial charge in [0.25, 0.3) is 0 Å². The molecule has 0 heterocycles. The van der Waals surface area contributed by atoms with Crippen LogP contribution in [0.3, 0.4) is 0 Å². The summed E-state index contributed by atoms with van der Waals surface area (Å²) >= 11 is 0. The van der Waals surface area contributed by atoms with Gasteiger partial charge >= 0.3 is 0 Å². The lowest BCUT2D eigenvalue weighted by molar-refractivity contribution is 0.357. The van der Waals surface area contributed by atoms with Gasteiger partial charge in [-0.2, -0.15) is 0 Å². The predicted octanol–water partition coefficient (Wildman–Crippen LogP) is 3.01. The normalized spacial score (nSPS) is 24.2. The third-order valence-corrected chi connectivity index (χ3v) is 3.40. The second-order valence-electron chi connectivity index (χ2n) is 5.41. The molecule has 2 atom stereocenters. The van der Waals surface area contributed by atoms with Crippen molar-refractivity contribution in [3.63, 3.8) is 0 Å². The van der Waals surface area contributed by atoms with E-state index in [4.69, 9.17) is 10.5 Å². The molecule has 1 aromatic rings. The summed E-state index contributed by atoms with van der Waals surface area (Å²) in [5, 5.41) is 0. The maximum Gasteiger partial charge on any atom is 0.119 e. The average Bonchev–Trinajstić information content (AvgIpc) is 2.27. The molecule has 1 aliphatic carbocycles. The Morgan fingerprint density at radius 3 is 2.88 bits per heavy atom. The smallest absolute Gasteiger partial charge is 0.119 e. The minimum Gasteiger partial charge on any atom is -0.497 e. The third kappa shape index (κ3) is 2.70. The van der Waals surface area contributed by atoms with Crippen LogP contribution in [0, 0.1) is 5.41 Å². The van der Waals surface area contributed by atoms with Crippen LogP contribution in [0.15, 0.2) is 24.3 Å². The molecule has 0 saturated heterocycles. The number of nitrogens with two attached hydrogens (primary N) is 1. The fraction of sp³-hybridized carbons (Fsp3) is 0.467. The lowest BCUT2D eigenvalue weighted by Crippen LogP contribution is -2.29. The highest BCUT2D eigenvalue weighted by Gasteiger charge is 2.26. The maximum atomic E-state index is 5.92. The zero-order valence-corrected chi connectivity index (χ0v) is 10.9. The zero-order chi connectivity index (χ0) is 12.5. The van der Waals surface area contributed by atoms with Crippen LogP contribution in [0.25, 0.3) is 6.08 Å². The van der Waals surface area contributed by atoms with Gasteiger partial charge in [-0.15, -0.1) is 0 Å². The first-order chi connectivity index (χ1) is 8.02. The first-order valence-electron chi connectivity index (χ1n) is 6.14. The molecule has 2 nitrogen and oxygen atoms in total. The number of hydrogen-bond donors (Lipinski definition) is 1. The van der Waals surface area contributed by atoms with Crippen molar-refractivity contribution in [2.24, 2.45) is 11.1 Å². The van der Waals surface area contributed by atoms with E-state index in [2.05, 4.69) is 38.1 Å². The van der Waals surface area contributed by atoms with Gasteiger partial charge in [0.2, 0.25) is 0 Å². The quantitative estimate of drug-likeness (QED) is 0.868. The number of ether oxygens (including phenoxy) is 1. The minimum absolute atomic E-state index is 0.190. The summed E-state index contributed by atoms with van der Waals surface area (Å²) < 4.78 is 5.24. The molecule has 2 rings (SSSR count). The number of hydrogen-bond acceptors (Lipinski definition) is 2. The molecule has 1 aliphatic rings. The van der Waals surface area contributed by atoms with Gasteiger partial charge in [-0.25, -0.2) is 0 Å². The van der Waals surface area contributed by atoms with Crippen molar-refractivity contribution in [3.05, 3.63) is 35.4 Å². The van der Waals surface area contributed by atoms with Crippen LogP contribution >= 0.6 is 0 Å². The number of rotatable bonds is 3. The summed E-state index contributed by atoms with van der Waals surface area (Å²) in [5.74, 6) is 0.921. The molecule has 0 fully saturated rings. The second kappa shape index (κ2) is 4.53. The molecule has 0 spiro atoms. The number of allylic oxidation sites excluding steroid dienone is 1. The number of methoxy groups -OCH3 is 1. The monoisotopic (exact) mass is 231 g/mol. The Bertz CT molecular complexity index is 437. The van der Waals surface area contributed by atoms with Crippen molar-refractivity contribution in [2.75, 3.05) is 7.11 Å². The van der Waals surface area contributed by atoms with Gasteiger partial charge in [-0.05, 0) is 48.4 Å². The molecule has 2 heteroatoms. The summed E-state index contributed by atoms with van der Waals surface area (Å²) in [4.78, 5) is 0. The van der Waals surface area contributed by atoms with E-state index < -0.39 is 0 Å². The van der Waals surface area contributed by atoms with Crippen molar-refractivity contribution < 1.29 is 4.74 Å². The Morgan fingerprint density at radius 1 is 1.47 bits per heavy atom. The minimum atomic E-state index is 0.190. The van der Waals surface area contributed by atoms with E-state index in [0.717, 1.165) is 18.6 Å². The van der Waals surface area contributed by atoms with Crippen LogP contribution in [0.5, 0.6) is 5.75 Å². The molecule has 92 valence electrons. The van der Waals surface area contributed by atoms with Crippen molar-refractivity contribution >= 4 is 6.08 Å². The molecular weight excluding hydrogens is 210 g/mol. The van der Waals surface area contributed by atoms with Crippen LogP contribution in [-0.2, 0) is 6.42 Å². The van der Waals surface area contributed by atoms with E-state index in [1.165, 1.54) is 11.1 Å². The van der Waals surface area contributed by atoms with Gasteiger partial charge in [0.1, 0.15) is 5.75 Å². The predicted molar refractivity (Wildman–Crippen MR) is 72.1 cm³/mol. The van der Waals surface area contributed by atoms with Gasteiger partial charge in [0, 0.05) is 6.04 Å². The van der Waals surface area contributed by atoms with Crippen LogP contribution in [0.2, 0.25) is 0 Å². The molecule has 0 aliphatic heterocycles. The van der Waals surface area contributed by atoms with Gasteiger partial charge in [-0.1, -0.05) is 25.1 Å². The SMILES string of the molecule is COc1ccc2c(c1)C=CC(C)(CC(C)N)C2. The van der Waals surface area contributed by atoms with Gasteiger partial charge in [-0.3, -0.25) is 0 Å². The second-order valence-corrected chi connectivity index (χ2v) is 5.41. The average molecular weight is 231 g/mol. The third-order valence-electron chi connectivity index (χ3n) is 3.40. The van der Waals surface area contributed by atoms with Crippen molar-refractivity contribution in [2.45, 2.75) is 32.7 Å². The highest BCUT2D eigenvalue weighted by atomic mass is 16.5. The summed E-state index contributed by atoms with van der Waals surface area (Å²) in [6.07, 6.45) is 6.57. The topological polar surface area (TPSA) is 35.2 Å². The lowest BCUT2D eigenvalue weighted by Gasteiger charge is -2.32. The van der Waals surface area contributed by atoms with E-state index in [0.29, 0.717) is 0 Å². The molecule has 2 N–H and O–H groups in total. The zero-order valence-electron chi connectivity index (χ0n) is 10.9. The van der Waals surface area contributed by atoms with Crippen molar-refractivity contribution in [1.82, 2.24) is 0 Å². The van der Waals surface area contributed by atoms with E-state index >= 15 is 0 Å². The largest absolute Gasteiger partial charge is 0.497 e. The summed E-state index contributed by atoms with van der Waals surface area (Å²) in [7, 11) is 1.70. The Kier molecular flexibility index (Phi) is 3.25. The highest BCUT2D eigenvalue weighted by molar-refractivity contribution is 5.60. The van der Waals surface area contributed by atoms with E-state index in [9.17, 15) is 0 Å². The number of fused-ring (bicyclic) bond motifs is 1. The van der Waals surface area contributed by atoms with Crippen LogP contribution in [0.1, 0.15) is 31.4 Å². The molecule has 2 unspecified atom stereocenters. The molecule has 0 radical (unpaired) electrons. The molecular formula is C15H21NO. The fourth-order valence-electron chi connectivity index (χ4n) is 2.68. The molecule has 17 heavy (non-hydrogen) atoms. The van der Waals surface area contributed by atoms with Crippen molar-refractivity contribution in [1.29, 1.82) is 0 Å². The first-order valence-corrected chi connectivity index (χ1v) is 6.14. The number of benzene rings is 1. The Balaban J connectivity index is 2.26. The van der Waals surface area contributed by atoms with Gasteiger partial charge in [0.15, 0.2) is 0 Å². The van der Waals surface area contributed by atoms with Gasteiger partial charge in [0.05, 0.1) is 7.11 Å². The summed E-state index contributed by atoms with van der Waals surface area (Å²) in [6.45, 7) is 4.35. The van der Waals surface area contributed by atoms with Crippen molar-refractivity contribution in [3.8, 4) is 5.75 Å². The summed E-state index contributed by atoms with van der Waals surface area (Å²) in [6, 6.07) is 6.53. The van der Waals surface area contributed by atoms with E-state index in [1.54, 1.807) is 7.11 Å². The molecule has 0 aromatic heterocycles. The Morgan fingerprint density at radius 2 is 2.24 bits per heavy atom. The molecule has 1 aromatic carbocycles. The maximum absolute atomic E-state index is 5.92. The van der Waals surface area contributed by atoms with Gasteiger partial charge < -0.3 is 10.5 Å². The standard InChI is InChI=1S/C15H21NO/c1-11(16)9-15(2)7-6-12-8-14(17-3)5-4-13(12)10-15/h4-8,11H,9-10,16H2,1-3H3. The molecule has 0 bridgehead atoms. The Hall–Kier alpha value is -1.28. The van der Waals surface area contributed by atoms with E-state index in [-0.39, 0.29) is 11.5 Å².